The Kier molecular flexibility index (Phi) is 16.9. The number of rotatable bonds is 21. The van der Waals surface area contributed by atoms with E-state index in [1.807, 2.05) is 0 Å². The van der Waals surface area contributed by atoms with E-state index >= 15 is 0 Å². The third kappa shape index (κ3) is 24.7. The van der Waals surface area contributed by atoms with Gasteiger partial charge in [-0.3, -0.25) is 4.21 Å². The molecule has 7 nitrogen and oxygen atoms in total. The predicted molar refractivity (Wildman–Crippen MR) is 160 cm³/mol. The maximum absolute atomic E-state index is 12.4. The Bertz CT molecular complexity index is 739. The molecule has 0 saturated heterocycles. The van der Waals surface area contributed by atoms with Crippen LogP contribution >= 0.6 is 0 Å². The Morgan fingerprint density at radius 3 is 1.89 bits per heavy atom. The summed E-state index contributed by atoms with van der Waals surface area (Å²) in [7, 11) is -3.90. The van der Waals surface area contributed by atoms with Crippen LogP contribution in [0.2, 0.25) is 0 Å². The molecule has 0 rings (SSSR count). The molecule has 37 heavy (non-hydrogen) atoms. The molecule has 9 heteroatoms. The van der Waals surface area contributed by atoms with Crippen LogP contribution in [0, 0.1) is 10.8 Å². The quantitative estimate of drug-likeness (QED) is 0.196. The monoisotopic (exact) mass is 568 g/mol. The minimum Gasteiger partial charge on any atom is -0.381 e. The van der Waals surface area contributed by atoms with E-state index in [2.05, 4.69) is 79.9 Å². The van der Waals surface area contributed by atoms with E-state index < -0.39 is 20.6 Å². The standard InChI is InChI=1S/C28H60N2O5S2/c1-25(2,3)23-34-18-12-21-37(32,33)22-16-30-28(9,10)14-13-27(7,8)24-35-17-11-19-36(31)20-15-29-26(4,5)6/h29-30H,11-24H2,1-10H3. The van der Waals surface area contributed by atoms with Gasteiger partial charge in [-0.2, -0.15) is 0 Å². The summed E-state index contributed by atoms with van der Waals surface area (Å²) in [5.41, 5.74) is 0.0246. The maximum Gasteiger partial charge on any atom is 0.151 e. The first kappa shape index (κ1) is 36.9. The zero-order valence-corrected chi connectivity index (χ0v) is 27.4. The van der Waals surface area contributed by atoms with Gasteiger partial charge in [-0.25, -0.2) is 8.42 Å². The molecule has 1 atom stereocenters. The lowest BCUT2D eigenvalue weighted by Crippen LogP contribution is -2.43. The molecular weight excluding hydrogens is 508 g/mol. The Labute approximate surface area is 232 Å². The minimum atomic E-state index is -3.09. The highest BCUT2D eigenvalue weighted by Crippen LogP contribution is 2.27. The first-order chi connectivity index (χ1) is 16.7. The summed E-state index contributed by atoms with van der Waals surface area (Å²) in [6.07, 6.45) is 3.24. The second kappa shape index (κ2) is 16.9. The van der Waals surface area contributed by atoms with Gasteiger partial charge in [0.2, 0.25) is 0 Å². The lowest BCUT2D eigenvalue weighted by Gasteiger charge is -2.32. The van der Waals surface area contributed by atoms with E-state index in [0.717, 1.165) is 25.8 Å². The van der Waals surface area contributed by atoms with Gasteiger partial charge >= 0.3 is 0 Å². The van der Waals surface area contributed by atoms with Gasteiger partial charge in [-0.1, -0.05) is 34.6 Å². The first-order valence-corrected chi connectivity index (χ1v) is 17.2. The van der Waals surface area contributed by atoms with Crippen molar-refractivity contribution in [2.45, 2.75) is 106 Å². The summed E-state index contributed by atoms with van der Waals surface area (Å²) in [4.78, 5) is 0. The van der Waals surface area contributed by atoms with Gasteiger partial charge in [0.15, 0.2) is 9.84 Å². The van der Waals surface area contributed by atoms with E-state index in [1.165, 1.54) is 0 Å². The first-order valence-electron chi connectivity index (χ1n) is 13.9. The lowest BCUT2D eigenvalue weighted by molar-refractivity contribution is 0.0537. The molecule has 0 saturated carbocycles. The third-order valence-electron chi connectivity index (χ3n) is 5.86. The molecule has 0 aliphatic rings. The van der Waals surface area contributed by atoms with E-state index in [1.54, 1.807) is 0 Å². The van der Waals surface area contributed by atoms with Gasteiger partial charge < -0.3 is 20.1 Å². The van der Waals surface area contributed by atoms with Crippen LogP contribution < -0.4 is 10.6 Å². The van der Waals surface area contributed by atoms with Crippen LogP contribution in [0.3, 0.4) is 0 Å². The normalized spacial score (nSPS) is 14.8. The van der Waals surface area contributed by atoms with E-state index in [9.17, 15) is 12.6 Å². The van der Waals surface area contributed by atoms with Crippen molar-refractivity contribution in [3.05, 3.63) is 0 Å². The number of ether oxygens (including phenoxy) is 2. The Balaban J connectivity index is 4.08. The highest BCUT2D eigenvalue weighted by atomic mass is 32.2. The summed E-state index contributed by atoms with van der Waals surface area (Å²) in [6.45, 7) is 24.9. The molecule has 0 fully saturated rings. The smallest absolute Gasteiger partial charge is 0.151 e. The van der Waals surface area contributed by atoms with Crippen molar-refractivity contribution in [2.75, 3.05) is 62.5 Å². The zero-order chi connectivity index (χ0) is 28.8. The second-order valence-electron chi connectivity index (χ2n) is 14.0. The molecule has 0 aromatic carbocycles. The fourth-order valence-corrected chi connectivity index (χ4v) is 5.68. The molecule has 0 amide bonds. The summed E-state index contributed by atoms with van der Waals surface area (Å²) in [6, 6.07) is 0. The average Bonchev–Trinajstić information content (AvgIpc) is 2.70. The van der Waals surface area contributed by atoms with Gasteiger partial charge in [0.25, 0.3) is 0 Å². The number of sulfone groups is 1. The van der Waals surface area contributed by atoms with Crippen LogP contribution in [0.15, 0.2) is 0 Å². The van der Waals surface area contributed by atoms with Gasteiger partial charge in [0.05, 0.1) is 24.7 Å². The SMILES string of the molecule is CC(C)(C)COCCCS(=O)(=O)CCNC(C)(C)CCC(C)(C)COCCCS(=O)CCNC(C)(C)C. The highest BCUT2D eigenvalue weighted by Gasteiger charge is 2.25. The van der Waals surface area contributed by atoms with Crippen molar-refractivity contribution < 1.29 is 22.1 Å². The molecule has 0 aromatic rings. The summed E-state index contributed by atoms with van der Waals surface area (Å²) in [5, 5.41) is 6.81. The van der Waals surface area contributed by atoms with Crippen molar-refractivity contribution in [3.63, 3.8) is 0 Å². The van der Waals surface area contributed by atoms with E-state index in [4.69, 9.17) is 9.47 Å². The van der Waals surface area contributed by atoms with Crippen LogP contribution in [0.25, 0.3) is 0 Å². The van der Waals surface area contributed by atoms with Crippen LogP contribution in [0.5, 0.6) is 0 Å². The average molecular weight is 569 g/mol. The van der Waals surface area contributed by atoms with Crippen LogP contribution in [0.4, 0.5) is 0 Å². The topological polar surface area (TPSA) is 93.7 Å². The molecular formula is C28H60N2O5S2. The molecule has 0 bridgehead atoms. The van der Waals surface area contributed by atoms with Crippen molar-refractivity contribution in [1.82, 2.24) is 10.6 Å². The van der Waals surface area contributed by atoms with Crippen molar-refractivity contribution in [2.24, 2.45) is 10.8 Å². The van der Waals surface area contributed by atoms with Crippen LogP contribution in [0.1, 0.15) is 94.9 Å². The van der Waals surface area contributed by atoms with Gasteiger partial charge in [-0.05, 0) is 71.1 Å². The van der Waals surface area contributed by atoms with E-state index in [-0.39, 0.29) is 33.4 Å². The molecule has 0 aliphatic heterocycles. The summed E-state index contributed by atoms with van der Waals surface area (Å²) < 4.78 is 48.4. The second-order valence-corrected chi connectivity index (χ2v) is 18.0. The van der Waals surface area contributed by atoms with Gasteiger partial charge in [-0.15, -0.1) is 0 Å². The zero-order valence-electron chi connectivity index (χ0n) is 25.8. The summed E-state index contributed by atoms with van der Waals surface area (Å²) in [5.74, 6) is 1.68. The fraction of sp³-hybridized carbons (Fsp3) is 1.00. The highest BCUT2D eigenvalue weighted by molar-refractivity contribution is 7.91. The molecule has 2 N–H and O–H groups in total. The molecule has 224 valence electrons. The molecule has 0 heterocycles. The number of hydrogen-bond acceptors (Lipinski definition) is 7. The van der Waals surface area contributed by atoms with Gasteiger partial charge in [0.1, 0.15) is 0 Å². The molecule has 1 unspecified atom stereocenters. The van der Waals surface area contributed by atoms with Crippen LogP contribution in [-0.4, -0.2) is 86.2 Å². The lowest BCUT2D eigenvalue weighted by atomic mass is 9.83. The molecule has 0 spiro atoms. The largest absolute Gasteiger partial charge is 0.381 e. The Morgan fingerprint density at radius 2 is 1.30 bits per heavy atom. The summed E-state index contributed by atoms with van der Waals surface area (Å²) >= 11 is 0. The Morgan fingerprint density at radius 1 is 0.703 bits per heavy atom. The predicted octanol–water partition coefficient (Wildman–Crippen LogP) is 4.57. The van der Waals surface area contributed by atoms with Gasteiger partial charge in [0, 0.05) is 59.7 Å². The van der Waals surface area contributed by atoms with E-state index in [0.29, 0.717) is 50.9 Å². The number of hydrogen-bond donors (Lipinski definition) is 2. The van der Waals surface area contributed by atoms with Crippen molar-refractivity contribution >= 4 is 20.6 Å². The molecule has 0 aliphatic carbocycles. The molecule has 0 aromatic heterocycles. The Hall–Kier alpha value is -0.0600. The maximum atomic E-state index is 12.4. The third-order valence-corrected chi connectivity index (χ3v) is 9.00. The van der Waals surface area contributed by atoms with Crippen molar-refractivity contribution in [1.29, 1.82) is 0 Å². The minimum absolute atomic E-state index is 0.0217. The molecule has 0 radical (unpaired) electrons. The van der Waals surface area contributed by atoms with Crippen LogP contribution in [-0.2, 0) is 30.1 Å². The van der Waals surface area contributed by atoms with Crippen molar-refractivity contribution in [3.8, 4) is 0 Å². The number of nitrogens with one attached hydrogen (secondary N) is 2. The fourth-order valence-electron chi connectivity index (χ4n) is 3.53.